The number of halogens is 2. The van der Waals surface area contributed by atoms with Crippen LogP contribution in [0.1, 0.15) is 12.8 Å². The van der Waals surface area contributed by atoms with Gasteiger partial charge < -0.3 is 20.5 Å². The lowest BCUT2D eigenvalue weighted by molar-refractivity contribution is -0.116. The highest BCUT2D eigenvalue weighted by Gasteiger charge is 2.07. The summed E-state index contributed by atoms with van der Waals surface area (Å²) in [6.07, 6.45) is 0.927. The number of ether oxygens (including phenoxy) is 2. The normalized spacial score (nSPS) is 9.75. The molecule has 1 aromatic carbocycles. The van der Waals surface area contributed by atoms with Crippen LogP contribution in [0.2, 0.25) is 0 Å². The van der Waals surface area contributed by atoms with Crippen LogP contribution in [0.15, 0.2) is 18.2 Å². The number of amides is 1. The summed E-state index contributed by atoms with van der Waals surface area (Å²) in [4.78, 5) is 11.4. The van der Waals surface area contributed by atoms with E-state index in [2.05, 4.69) is 5.32 Å². The highest BCUT2D eigenvalue weighted by Crippen LogP contribution is 2.21. The van der Waals surface area contributed by atoms with E-state index in [1.54, 1.807) is 13.2 Å². The molecular weight excluding hydrogens is 287 g/mol. The number of anilines is 1. The van der Waals surface area contributed by atoms with Crippen LogP contribution in [0.5, 0.6) is 5.75 Å². The molecule has 0 saturated carbocycles. The topological polar surface area (TPSA) is 73.6 Å². The number of nitrogens with two attached hydrogens (primary N) is 1. The largest absolute Gasteiger partial charge is 0.488 e. The molecule has 5 nitrogen and oxygen atoms in total. The van der Waals surface area contributed by atoms with Crippen LogP contribution >= 0.6 is 12.4 Å². The molecule has 0 fully saturated rings. The Balaban J connectivity index is 0.00000361. The van der Waals surface area contributed by atoms with Crippen molar-refractivity contribution >= 4 is 24.0 Å². The smallest absolute Gasteiger partial charge is 0.224 e. The van der Waals surface area contributed by atoms with E-state index in [9.17, 15) is 9.18 Å². The van der Waals surface area contributed by atoms with Crippen LogP contribution in [0.4, 0.5) is 10.1 Å². The van der Waals surface area contributed by atoms with Crippen molar-refractivity contribution in [2.75, 3.05) is 32.2 Å². The van der Waals surface area contributed by atoms with Crippen molar-refractivity contribution in [3.05, 3.63) is 24.0 Å². The van der Waals surface area contributed by atoms with Gasteiger partial charge >= 0.3 is 0 Å². The summed E-state index contributed by atoms with van der Waals surface area (Å²) in [5, 5.41) is 2.60. The molecule has 0 bridgehead atoms. The first-order valence-electron chi connectivity index (χ1n) is 6.08. The van der Waals surface area contributed by atoms with Gasteiger partial charge in [-0.2, -0.15) is 0 Å². The van der Waals surface area contributed by atoms with Gasteiger partial charge in [-0.1, -0.05) is 0 Å². The molecule has 0 aliphatic carbocycles. The van der Waals surface area contributed by atoms with Gasteiger partial charge in [0.05, 0.1) is 6.61 Å². The van der Waals surface area contributed by atoms with Crippen molar-refractivity contribution in [2.45, 2.75) is 12.8 Å². The minimum absolute atomic E-state index is 0. The van der Waals surface area contributed by atoms with Gasteiger partial charge in [0.15, 0.2) is 11.6 Å². The second-order valence-electron chi connectivity index (χ2n) is 3.93. The Hall–Kier alpha value is -1.37. The SMILES string of the molecule is COCCOc1ccc(NC(=O)CCCN)cc1F.Cl. The Morgan fingerprint density at radius 1 is 1.40 bits per heavy atom. The van der Waals surface area contributed by atoms with E-state index in [1.807, 2.05) is 0 Å². The van der Waals surface area contributed by atoms with Gasteiger partial charge in [0, 0.05) is 25.3 Å². The van der Waals surface area contributed by atoms with Crippen LogP contribution in [0.25, 0.3) is 0 Å². The van der Waals surface area contributed by atoms with Crippen molar-refractivity contribution in [3.63, 3.8) is 0 Å². The summed E-state index contributed by atoms with van der Waals surface area (Å²) >= 11 is 0. The zero-order valence-electron chi connectivity index (χ0n) is 11.4. The second kappa shape index (κ2) is 10.4. The zero-order valence-corrected chi connectivity index (χ0v) is 12.2. The number of carbonyl (C=O) groups is 1. The molecular formula is C13H20ClFN2O3. The fourth-order valence-electron chi connectivity index (χ4n) is 1.42. The summed E-state index contributed by atoms with van der Waals surface area (Å²) in [6.45, 7) is 1.11. The molecule has 20 heavy (non-hydrogen) atoms. The number of benzene rings is 1. The van der Waals surface area contributed by atoms with Gasteiger partial charge in [-0.25, -0.2) is 4.39 Å². The first-order chi connectivity index (χ1) is 9.17. The maximum absolute atomic E-state index is 13.6. The van der Waals surface area contributed by atoms with E-state index in [0.717, 1.165) is 0 Å². The van der Waals surface area contributed by atoms with E-state index >= 15 is 0 Å². The van der Waals surface area contributed by atoms with Gasteiger partial charge in [-0.3, -0.25) is 4.79 Å². The summed E-state index contributed by atoms with van der Waals surface area (Å²) in [7, 11) is 1.54. The Labute approximate surface area is 124 Å². The van der Waals surface area contributed by atoms with E-state index < -0.39 is 5.82 Å². The van der Waals surface area contributed by atoms with Crippen molar-refractivity contribution in [3.8, 4) is 5.75 Å². The minimum atomic E-state index is -0.521. The molecule has 7 heteroatoms. The van der Waals surface area contributed by atoms with E-state index in [0.29, 0.717) is 31.7 Å². The summed E-state index contributed by atoms with van der Waals surface area (Å²) in [6, 6.07) is 4.29. The number of methoxy groups -OCH3 is 1. The highest BCUT2D eigenvalue weighted by atomic mass is 35.5. The quantitative estimate of drug-likeness (QED) is 0.720. The lowest BCUT2D eigenvalue weighted by Crippen LogP contribution is -2.13. The number of hydrogen-bond donors (Lipinski definition) is 2. The molecule has 0 aliphatic heterocycles. The first-order valence-corrected chi connectivity index (χ1v) is 6.08. The predicted molar refractivity (Wildman–Crippen MR) is 77.9 cm³/mol. The van der Waals surface area contributed by atoms with Crippen LogP contribution < -0.4 is 15.8 Å². The van der Waals surface area contributed by atoms with Gasteiger partial charge in [0.2, 0.25) is 5.91 Å². The molecule has 0 radical (unpaired) electrons. The lowest BCUT2D eigenvalue weighted by atomic mass is 10.2. The molecule has 1 rings (SSSR count). The molecule has 0 aromatic heterocycles. The Morgan fingerprint density at radius 2 is 2.15 bits per heavy atom. The lowest BCUT2D eigenvalue weighted by Gasteiger charge is -2.09. The van der Waals surface area contributed by atoms with Crippen LogP contribution in [-0.2, 0) is 9.53 Å². The highest BCUT2D eigenvalue weighted by molar-refractivity contribution is 5.90. The summed E-state index contributed by atoms with van der Waals surface area (Å²) in [5.74, 6) is -0.567. The molecule has 0 atom stereocenters. The standard InChI is InChI=1S/C13H19FN2O3.ClH/c1-18-7-8-19-12-5-4-10(9-11(12)14)16-13(17)3-2-6-15;/h4-5,9H,2-3,6-8,15H2,1H3,(H,16,17);1H. The van der Waals surface area contributed by atoms with E-state index in [4.69, 9.17) is 15.2 Å². The minimum Gasteiger partial charge on any atom is -0.488 e. The van der Waals surface area contributed by atoms with Gasteiger partial charge in [-0.15, -0.1) is 12.4 Å². The monoisotopic (exact) mass is 306 g/mol. The van der Waals surface area contributed by atoms with E-state index in [1.165, 1.54) is 12.1 Å². The summed E-state index contributed by atoms with van der Waals surface area (Å²) < 4.78 is 23.6. The third kappa shape index (κ3) is 6.70. The molecule has 0 heterocycles. The first kappa shape index (κ1) is 18.6. The summed E-state index contributed by atoms with van der Waals surface area (Å²) in [5.41, 5.74) is 5.71. The number of hydrogen-bond acceptors (Lipinski definition) is 4. The Bertz CT molecular complexity index is 419. The maximum Gasteiger partial charge on any atom is 0.224 e. The van der Waals surface area contributed by atoms with Crippen LogP contribution in [-0.4, -0.2) is 32.8 Å². The fourth-order valence-corrected chi connectivity index (χ4v) is 1.42. The second-order valence-corrected chi connectivity index (χ2v) is 3.93. The molecule has 1 amide bonds. The van der Waals surface area contributed by atoms with Crippen molar-refractivity contribution < 1.29 is 18.7 Å². The van der Waals surface area contributed by atoms with Crippen molar-refractivity contribution in [2.24, 2.45) is 5.73 Å². The van der Waals surface area contributed by atoms with Gasteiger partial charge in [0.1, 0.15) is 6.61 Å². The average Bonchev–Trinajstić information content (AvgIpc) is 2.39. The fraction of sp³-hybridized carbons (Fsp3) is 0.462. The zero-order chi connectivity index (χ0) is 14.1. The van der Waals surface area contributed by atoms with Crippen LogP contribution in [0.3, 0.4) is 0 Å². The Morgan fingerprint density at radius 3 is 2.75 bits per heavy atom. The predicted octanol–water partition coefficient (Wildman–Crippen LogP) is 1.95. The van der Waals surface area contributed by atoms with Gasteiger partial charge in [0.25, 0.3) is 0 Å². The molecule has 0 unspecified atom stereocenters. The number of carbonyl (C=O) groups excluding carboxylic acids is 1. The molecule has 0 spiro atoms. The molecule has 3 N–H and O–H groups in total. The average molecular weight is 307 g/mol. The third-order valence-corrected chi connectivity index (χ3v) is 2.37. The molecule has 1 aromatic rings. The molecule has 114 valence electrons. The van der Waals surface area contributed by atoms with E-state index in [-0.39, 0.29) is 30.7 Å². The van der Waals surface area contributed by atoms with Gasteiger partial charge in [-0.05, 0) is 25.1 Å². The molecule has 0 aliphatic rings. The molecule has 0 saturated heterocycles. The maximum atomic E-state index is 13.6. The Kier molecular flexibility index (Phi) is 9.71. The number of rotatable bonds is 8. The van der Waals surface area contributed by atoms with Crippen LogP contribution in [0, 0.1) is 5.82 Å². The van der Waals surface area contributed by atoms with Crippen molar-refractivity contribution in [1.29, 1.82) is 0 Å². The van der Waals surface area contributed by atoms with Crippen molar-refractivity contribution in [1.82, 2.24) is 0 Å². The third-order valence-electron chi connectivity index (χ3n) is 2.37. The number of nitrogens with one attached hydrogen (secondary N) is 1.